The maximum absolute atomic E-state index is 11.6. The molecule has 0 radical (unpaired) electrons. The van der Waals surface area contributed by atoms with E-state index >= 15 is 0 Å². The summed E-state index contributed by atoms with van der Waals surface area (Å²) in [7, 11) is 0. The topological polar surface area (TPSA) is 43.4 Å². The third-order valence-corrected chi connectivity index (χ3v) is 2.63. The smallest absolute Gasteiger partial charge is 0.338 e. The van der Waals surface area contributed by atoms with Crippen LogP contribution in [0.25, 0.3) is 0 Å². The van der Waals surface area contributed by atoms with E-state index in [1.54, 1.807) is 13.0 Å². The molecule has 0 saturated carbocycles. The summed E-state index contributed by atoms with van der Waals surface area (Å²) in [5.41, 5.74) is 2.80. The van der Waals surface area contributed by atoms with Crippen molar-refractivity contribution in [2.24, 2.45) is 0 Å². The Morgan fingerprint density at radius 3 is 2.65 bits per heavy atom. The Labute approximate surface area is 102 Å². The molecule has 0 spiro atoms. The molecule has 0 N–H and O–H groups in total. The summed E-state index contributed by atoms with van der Waals surface area (Å²) in [6, 6.07) is 5.55. The summed E-state index contributed by atoms with van der Waals surface area (Å²) in [4.78, 5) is 22.0. The van der Waals surface area contributed by atoms with Crippen LogP contribution in [-0.2, 0) is 22.4 Å². The van der Waals surface area contributed by atoms with Gasteiger partial charge in [-0.3, -0.25) is 0 Å². The van der Waals surface area contributed by atoms with Crippen LogP contribution in [0.2, 0.25) is 0 Å². The second-order valence-electron chi connectivity index (χ2n) is 3.76. The van der Waals surface area contributed by atoms with Crippen molar-refractivity contribution < 1.29 is 14.3 Å². The van der Waals surface area contributed by atoms with E-state index in [1.807, 2.05) is 12.1 Å². The molecule has 1 aromatic carbocycles. The first kappa shape index (κ1) is 13.4. The molecule has 0 atom stereocenters. The third kappa shape index (κ3) is 3.70. The summed E-state index contributed by atoms with van der Waals surface area (Å²) in [6.45, 7) is 4.22. The minimum absolute atomic E-state index is 0.303. The number of hydrogen-bond acceptors (Lipinski definition) is 3. The van der Waals surface area contributed by atoms with Gasteiger partial charge >= 0.3 is 5.97 Å². The lowest BCUT2D eigenvalue weighted by molar-refractivity contribution is -0.107. The van der Waals surface area contributed by atoms with Crippen molar-refractivity contribution in [3.05, 3.63) is 34.9 Å². The van der Waals surface area contributed by atoms with Gasteiger partial charge in [0, 0.05) is 6.42 Å². The molecule has 0 aromatic heterocycles. The molecule has 0 heterocycles. The summed E-state index contributed by atoms with van der Waals surface area (Å²) in [5, 5.41) is 0. The lowest BCUT2D eigenvalue weighted by atomic mass is 9.98. The van der Waals surface area contributed by atoms with Crippen LogP contribution >= 0.6 is 0 Å². The zero-order valence-corrected chi connectivity index (χ0v) is 10.4. The highest BCUT2D eigenvalue weighted by Gasteiger charge is 2.09. The van der Waals surface area contributed by atoms with Crippen LogP contribution < -0.4 is 0 Å². The minimum atomic E-state index is -0.303. The molecule has 0 aliphatic rings. The lowest BCUT2D eigenvalue weighted by Crippen LogP contribution is -2.06. The Morgan fingerprint density at radius 2 is 2.06 bits per heavy atom. The fraction of sp³-hybridized carbons (Fsp3) is 0.429. The van der Waals surface area contributed by atoms with E-state index in [1.165, 1.54) is 5.56 Å². The van der Waals surface area contributed by atoms with E-state index in [9.17, 15) is 9.59 Å². The van der Waals surface area contributed by atoms with Gasteiger partial charge in [-0.15, -0.1) is 0 Å². The van der Waals surface area contributed by atoms with Gasteiger partial charge in [0.15, 0.2) is 0 Å². The molecule has 17 heavy (non-hydrogen) atoms. The number of rotatable bonds is 6. The predicted octanol–water partition coefficient (Wildman–Crippen LogP) is 2.56. The summed E-state index contributed by atoms with van der Waals surface area (Å²) >= 11 is 0. The Hall–Kier alpha value is -1.64. The molecular formula is C14H18O3. The number of hydrogen-bond donors (Lipinski definition) is 0. The highest BCUT2D eigenvalue weighted by Crippen LogP contribution is 2.15. The van der Waals surface area contributed by atoms with Gasteiger partial charge in [0.1, 0.15) is 6.29 Å². The number of carbonyl (C=O) groups is 2. The van der Waals surface area contributed by atoms with Crippen LogP contribution in [-0.4, -0.2) is 18.9 Å². The first-order valence-electron chi connectivity index (χ1n) is 5.95. The maximum atomic E-state index is 11.6. The number of ether oxygens (including phenoxy) is 1. The van der Waals surface area contributed by atoms with Crippen LogP contribution in [0, 0.1) is 0 Å². The van der Waals surface area contributed by atoms with Crippen molar-refractivity contribution in [1.29, 1.82) is 0 Å². The standard InChI is InChI=1S/C14H18O3/c1-3-11-7-8-13(14(16)17-4-2)10-12(11)6-5-9-15/h7-10H,3-6H2,1-2H3. The van der Waals surface area contributed by atoms with Crippen LogP contribution in [0.4, 0.5) is 0 Å². The van der Waals surface area contributed by atoms with Gasteiger partial charge in [0.2, 0.25) is 0 Å². The average molecular weight is 234 g/mol. The van der Waals surface area contributed by atoms with Crippen molar-refractivity contribution in [3.63, 3.8) is 0 Å². The number of benzene rings is 1. The van der Waals surface area contributed by atoms with Crippen molar-refractivity contribution in [2.75, 3.05) is 6.61 Å². The Balaban J connectivity index is 2.95. The van der Waals surface area contributed by atoms with Crippen molar-refractivity contribution in [2.45, 2.75) is 33.1 Å². The van der Waals surface area contributed by atoms with Crippen LogP contribution in [0.5, 0.6) is 0 Å². The molecular weight excluding hydrogens is 216 g/mol. The summed E-state index contributed by atoms with van der Waals surface area (Å²) in [6.07, 6.45) is 2.97. The monoisotopic (exact) mass is 234 g/mol. The van der Waals surface area contributed by atoms with E-state index in [0.29, 0.717) is 25.0 Å². The summed E-state index contributed by atoms with van der Waals surface area (Å²) < 4.78 is 4.95. The summed E-state index contributed by atoms with van der Waals surface area (Å²) in [5.74, 6) is -0.303. The van der Waals surface area contributed by atoms with E-state index in [2.05, 4.69) is 6.92 Å². The van der Waals surface area contributed by atoms with Gasteiger partial charge in [-0.05, 0) is 43.0 Å². The highest BCUT2D eigenvalue weighted by atomic mass is 16.5. The predicted molar refractivity (Wildman–Crippen MR) is 66.2 cm³/mol. The average Bonchev–Trinajstić information content (AvgIpc) is 2.36. The molecule has 0 fully saturated rings. The maximum Gasteiger partial charge on any atom is 0.338 e. The normalized spacial score (nSPS) is 10.0. The number of carbonyl (C=O) groups excluding carboxylic acids is 2. The van der Waals surface area contributed by atoms with Gasteiger partial charge in [-0.1, -0.05) is 13.0 Å². The van der Waals surface area contributed by atoms with Gasteiger partial charge in [0.25, 0.3) is 0 Å². The van der Waals surface area contributed by atoms with Crippen LogP contribution in [0.3, 0.4) is 0 Å². The van der Waals surface area contributed by atoms with Gasteiger partial charge in [-0.25, -0.2) is 4.79 Å². The van der Waals surface area contributed by atoms with Crippen molar-refractivity contribution >= 4 is 12.3 Å². The van der Waals surface area contributed by atoms with Crippen molar-refractivity contribution in [3.8, 4) is 0 Å². The second kappa shape index (κ2) is 6.84. The van der Waals surface area contributed by atoms with Gasteiger partial charge < -0.3 is 9.53 Å². The van der Waals surface area contributed by atoms with E-state index in [4.69, 9.17) is 4.74 Å². The third-order valence-electron chi connectivity index (χ3n) is 2.63. The Kier molecular flexibility index (Phi) is 5.40. The van der Waals surface area contributed by atoms with Crippen LogP contribution in [0.15, 0.2) is 18.2 Å². The van der Waals surface area contributed by atoms with Gasteiger partial charge in [-0.2, -0.15) is 0 Å². The molecule has 0 aliphatic heterocycles. The quantitative estimate of drug-likeness (QED) is 0.561. The molecule has 0 unspecified atom stereocenters. The van der Waals surface area contributed by atoms with E-state index in [-0.39, 0.29) is 5.97 Å². The molecule has 0 aliphatic carbocycles. The molecule has 3 nitrogen and oxygen atoms in total. The Morgan fingerprint density at radius 1 is 1.29 bits per heavy atom. The SMILES string of the molecule is CCOC(=O)c1ccc(CC)c(CCC=O)c1. The molecule has 0 saturated heterocycles. The zero-order valence-electron chi connectivity index (χ0n) is 10.4. The molecule has 92 valence electrons. The largest absolute Gasteiger partial charge is 0.462 e. The molecule has 1 rings (SSSR count). The molecule has 0 bridgehead atoms. The fourth-order valence-corrected chi connectivity index (χ4v) is 1.76. The lowest BCUT2D eigenvalue weighted by Gasteiger charge is -2.09. The molecule has 3 heteroatoms. The van der Waals surface area contributed by atoms with Crippen LogP contribution in [0.1, 0.15) is 41.8 Å². The van der Waals surface area contributed by atoms with E-state index < -0.39 is 0 Å². The van der Waals surface area contributed by atoms with E-state index in [0.717, 1.165) is 18.3 Å². The molecule has 0 amide bonds. The number of esters is 1. The Bertz CT molecular complexity index is 396. The first-order valence-corrected chi connectivity index (χ1v) is 5.95. The first-order chi connectivity index (χ1) is 8.22. The molecule has 1 aromatic rings. The second-order valence-corrected chi connectivity index (χ2v) is 3.76. The zero-order chi connectivity index (χ0) is 12.7. The van der Waals surface area contributed by atoms with Gasteiger partial charge in [0.05, 0.1) is 12.2 Å². The minimum Gasteiger partial charge on any atom is -0.462 e. The highest BCUT2D eigenvalue weighted by molar-refractivity contribution is 5.89. The van der Waals surface area contributed by atoms with Crippen molar-refractivity contribution in [1.82, 2.24) is 0 Å². The number of aryl methyl sites for hydroxylation is 2. The number of aldehydes is 1. The fourth-order valence-electron chi connectivity index (χ4n) is 1.76.